The average Bonchev–Trinajstić information content (AvgIpc) is 2.36. The summed E-state index contributed by atoms with van der Waals surface area (Å²) in [6.07, 6.45) is 0. The van der Waals surface area contributed by atoms with Crippen LogP contribution < -0.4 is 4.72 Å². The van der Waals surface area contributed by atoms with Crippen molar-refractivity contribution in [3.05, 3.63) is 27.7 Å². The third kappa shape index (κ3) is 4.24. The van der Waals surface area contributed by atoms with Crippen LogP contribution in [0.3, 0.4) is 0 Å². The molecule has 0 spiro atoms. The second-order valence-corrected chi connectivity index (χ2v) is 6.40. The molecule has 1 aromatic rings. The van der Waals surface area contributed by atoms with E-state index in [1.54, 1.807) is 0 Å². The Labute approximate surface area is 128 Å². The Morgan fingerprint density at radius 2 is 1.90 bits per heavy atom. The number of aliphatic hydroxyl groups excluding tert-OH is 1. The van der Waals surface area contributed by atoms with E-state index in [2.05, 4.69) is 0 Å². The number of sulfonamides is 1. The quantitative estimate of drug-likeness (QED) is 0.711. The Bertz CT molecular complexity index is 666. The first-order valence-corrected chi connectivity index (χ1v) is 7.45. The van der Waals surface area contributed by atoms with Crippen molar-refractivity contribution in [3.8, 4) is 0 Å². The summed E-state index contributed by atoms with van der Waals surface area (Å²) in [4.78, 5) is 10.2. The van der Waals surface area contributed by atoms with Gasteiger partial charge >= 0.3 is 5.97 Å². The summed E-state index contributed by atoms with van der Waals surface area (Å²) in [6, 6.07) is 1.85. The summed E-state index contributed by atoms with van der Waals surface area (Å²) in [5.74, 6) is -5.23. The molecule has 0 heterocycles. The fourth-order valence-electron chi connectivity index (χ4n) is 1.27. The molecule has 0 amide bonds. The highest BCUT2D eigenvalue weighted by atomic mass is 35.5. The molecule has 0 fully saturated rings. The maximum absolute atomic E-state index is 12.8. The van der Waals surface area contributed by atoms with Gasteiger partial charge < -0.3 is 10.2 Å². The molecule has 3 N–H and O–H groups in total. The number of carboxylic acid groups (broad SMARTS) is 1. The highest BCUT2D eigenvalue weighted by Gasteiger charge is 2.32. The van der Waals surface area contributed by atoms with Gasteiger partial charge in [0, 0.05) is 0 Å². The second kappa shape index (κ2) is 6.41. The number of aliphatic hydroxyl groups is 1. The molecule has 0 aliphatic heterocycles. The molecule has 0 aliphatic carbocycles. The van der Waals surface area contributed by atoms with E-state index in [9.17, 15) is 22.0 Å². The van der Waals surface area contributed by atoms with Gasteiger partial charge in [-0.2, -0.15) is 0 Å². The predicted octanol–water partition coefficient (Wildman–Crippen LogP) is 1.60. The monoisotopic (exact) mass is 363 g/mol. The van der Waals surface area contributed by atoms with E-state index in [1.807, 2.05) is 0 Å². The van der Waals surface area contributed by atoms with Gasteiger partial charge in [-0.05, 0) is 12.1 Å². The lowest BCUT2D eigenvalue weighted by atomic mass is 10.2. The van der Waals surface area contributed by atoms with E-state index in [1.165, 1.54) is 4.72 Å². The van der Waals surface area contributed by atoms with Crippen molar-refractivity contribution in [3.63, 3.8) is 0 Å². The number of carboxylic acids is 1. The first kappa shape index (κ1) is 18.1. The van der Waals surface area contributed by atoms with Gasteiger partial charge in [0.1, 0.15) is 11.5 Å². The molecule has 0 aliphatic rings. The summed E-state index contributed by atoms with van der Waals surface area (Å²) in [5.41, 5.74) is -0.657. The van der Waals surface area contributed by atoms with Crippen LogP contribution >= 0.6 is 23.2 Å². The number of hydrogen-bond donors (Lipinski definition) is 3. The zero-order valence-electron chi connectivity index (χ0n) is 10.1. The van der Waals surface area contributed by atoms with Crippen molar-refractivity contribution in [1.82, 2.24) is 4.72 Å². The van der Waals surface area contributed by atoms with Gasteiger partial charge in [0.15, 0.2) is 0 Å². The smallest absolute Gasteiger partial charge is 0.338 e. The van der Waals surface area contributed by atoms with E-state index in [0.717, 1.165) is 12.1 Å². The third-order valence-corrected chi connectivity index (χ3v) is 4.57. The Balaban J connectivity index is 3.22. The molecular weight excluding hydrogens is 355 g/mol. The van der Waals surface area contributed by atoms with Gasteiger partial charge in [-0.15, -0.1) is 0 Å². The van der Waals surface area contributed by atoms with Crippen LogP contribution in [-0.4, -0.2) is 43.7 Å². The summed E-state index contributed by atoms with van der Waals surface area (Å²) in [6.45, 7) is -2.92. The van der Waals surface area contributed by atoms with Crippen molar-refractivity contribution in [2.75, 3.05) is 13.2 Å². The van der Waals surface area contributed by atoms with E-state index < -0.39 is 50.5 Å². The lowest BCUT2D eigenvalue weighted by Gasteiger charge is -2.15. The second-order valence-electron chi connectivity index (χ2n) is 3.88. The molecule has 0 bridgehead atoms. The van der Waals surface area contributed by atoms with Crippen LogP contribution in [0, 0.1) is 0 Å². The number of hydrogen-bond acceptors (Lipinski definition) is 4. The highest BCUT2D eigenvalue weighted by Crippen LogP contribution is 2.31. The normalized spacial score (nSPS) is 12.4. The molecule has 0 atom stereocenters. The SMILES string of the molecule is O=C(O)c1c(Cl)ccc(S(=O)(=O)NCC(F)(F)CO)c1Cl. The largest absolute Gasteiger partial charge is 0.478 e. The fourth-order valence-corrected chi connectivity index (χ4v) is 3.25. The average molecular weight is 364 g/mol. The molecule has 11 heteroatoms. The lowest BCUT2D eigenvalue weighted by Crippen LogP contribution is -2.39. The Morgan fingerprint density at radius 1 is 1.33 bits per heavy atom. The topological polar surface area (TPSA) is 104 Å². The maximum Gasteiger partial charge on any atom is 0.338 e. The zero-order valence-corrected chi connectivity index (χ0v) is 12.4. The first-order valence-electron chi connectivity index (χ1n) is 5.21. The number of rotatable bonds is 6. The van der Waals surface area contributed by atoms with Crippen LogP contribution in [-0.2, 0) is 10.0 Å². The lowest BCUT2D eigenvalue weighted by molar-refractivity contribution is -0.0437. The summed E-state index contributed by atoms with van der Waals surface area (Å²) in [7, 11) is -4.50. The van der Waals surface area contributed by atoms with Crippen LogP contribution in [0.4, 0.5) is 8.78 Å². The molecule has 0 saturated heterocycles. The molecular formula is C10H9Cl2F2NO5S. The van der Waals surface area contributed by atoms with Gasteiger partial charge in [0.2, 0.25) is 10.0 Å². The number of aromatic carboxylic acids is 1. The number of nitrogens with one attached hydrogen (secondary N) is 1. The van der Waals surface area contributed by atoms with E-state index in [4.69, 9.17) is 33.4 Å². The molecule has 1 aromatic carbocycles. The molecule has 0 aromatic heterocycles. The van der Waals surface area contributed by atoms with Gasteiger partial charge in [-0.25, -0.2) is 26.7 Å². The standard InChI is InChI=1S/C10H9Cl2F2NO5S/c11-5-1-2-6(8(12)7(5)9(17)18)21(19,20)15-3-10(13,14)4-16/h1-2,15-16H,3-4H2,(H,17,18). The fraction of sp³-hybridized carbons (Fsp3) is 0.300. The molecule has 21 heavy (non-hydrogen) atoms. The number of benzene rings is 1. The van der Waals surface area contributed by atoms with Crippen LogP contribution in [0.2, 0.25) is 10.0 Å². The molecule has 0 radical (unpaired) electrons. The van der Waals surface area contributed by atoms with Crippen molar-refractivity contribution in [1.29, 1.82) is 0 Å². The highest BCUT2D eigenvalue weighted by molar-refractivity contribution is 7.89. The van der Waals surface area contributed by atoms with Crippen molar-refractivity contribution < 1.29 is 32.2 Å². The van der Waals surface area contributed by atoms with Crippen LogP contribution in [0.15, 0.2) is 17.0 Å². The van der Waals surface area contributed by atoms with Gasteiger partial charge in [0.05, 0.1) is 22.2 Å². The predicted molar refractivity (Wildman–Crippen MR) is 70.6 cm³/mol. The Kier molecular flexibility index (Phi) is 5.51. The minimum atomic E-state index is -4.50. The molecule has 0 unspecified atom stereocenters. The van der Waals surface area contributed by atoms with Crippen molar-refractivity contribution in [2.45, 2.75) is 10.8 Å². The first-order chi connectivity index (χ1) is 9.52. The number of alkyl halides is 2. The minimum absolute atomic E-state index is 0.299. The van der Waals surface area contributed by atoms with E-state index in [-0.39, 0.29) is 5.02 Å². The van der Waals surface area contributed by atoms with Crippen LogP contribution in [0.1, 0.15) is 10.4 Å². The number of carbonyl (C=O) groups is 1. The zero-order chi connectivity index (χ0) is 16.4. The molecule has 118 valence electrons. The number of halogens is 4. The van der Waals surface area contributed by atoms with Gasteiger partial charge in [-0.3, -0.25) is 0 Å². The van der Waals surface area contributed by atoms with E-state index >= 15 is 0 Å². The van der Waals surface area contributed by atoms with Gasteiger partial charge in [-0.1, -0.05) is 23.2 Å². The molecule has 1 rings (SSSR count). The van der Waals surface area contributed by atoms with Crippen LogP contribution in [0.5, 0.6) is 0 Å². The van der Waals surface area contributed by atoms with Crippen molar-refractivity contribution in [2.24, 2.45) is 0 Å². The third-order valence-electron chi connectivity index (χ3n) is 2.31. The van der Waals surface area contributed by atoms with E-state index in [0.29, 0.717) is 0 Å². The summed E-state index contributed by atoms with van der Waals surface area (Å²) >= 11 is 11.2. The maximum atomic E-state index is 12.8. The molecule has 0 saturated carbocycles. The van der Waals surface area contributed by atoms with Gasteiger partial charge in [0.25, 0.3) is 5.92 Å². The summed E-state index contributed by atoms with van der Waals surface area (Å²) < 4.78 is 50.9. The molecule has 6 nitrogen and oxygen atoms in total. The Morgan fingerprint density at radius 3 is 2.38 bits per heavy atom. The Hall–Kier alpha value is -1.00. The summed E-state index contributed by atoms with van der Waals surface area (Å²) in [5, 5.41) is 16.3. The van der Waals surface area contributed by atoms with Crippen molar-refractivity contribution >= 4 is 39.2 Å². The minimum Gasteiger partial charge on any atom is -0.478 e. The van der Waals surface area contributed by atoms with Crippen LogP contribution in [0.25, 0.3) is 0 Å².